The van der Waals surface area contributed by atoms with Crippen molar-refractivity contribution in [2.45, 2.75) is 33.9 Å². The number of nitrogens with zero attached hydrogens (tertiary/aromatic N) is 4. The summed E-state index contributed by atoms with van der Waals surface area (Å²) in [6, 6.07) is 8.19. The van der Waals surface area contributed by atoms with Crippen molar-refractivity contribution in [3.05, 3.63) is 46.8 Å². The maximum Gasteiger partial charge on any atom is 0.193 e. The summed E-state index contributed by atoms with van der Waals surface area (Å²) in [5, 5.41) is 7.89. The molecule has 0 atom stereocenters. The van der Waals surface area contributed by atoms with Crippen LogP contribution in [0.25, 0.3) is 0 Å². The Morgan fingerprint density at radius 3 is 2.42 bits per heavy atom. The lowest BCUT2D eigenvalue weighted by molar-refractivity contribution is 0.340. The van der Waals surface area contributed by atoms with Crippen LogP contribution in [-0.4, -0.2) is 41.3 Å². The lowest BCUT2D eigenvalue weighted by Gasteiger charge is -2.22. The second kappa shape index (κ2) is 10.4. The Morgan fingerprint density at radius 2 is 1.92 bits per heavy atom. The van der Waals surface area contributed by atoms with Gasteiger partial charge in [0.05, 0.1) is 12.3 Å². The lowest BCUT2D eigenvalue weighted by Crippen LogP contribution is -2.38. The van der Waals surface area contributed by atoms with Gasteiger partial charge in [0.1, 0.15) is 5.75 Å². The van der Waals surface area contributed by atoms with Crippen LogP contribution in [0.3, 0.4) is 0 Å². The van der Waals surface area contributed by atoms with Gasteiger partial charge in [0.2, 0.25) is 0 Å². The molecule has 1 heterocycles. The highest BCUT2D eigenvalue weighted by Crippen LogP contribution is 2.14. The minimum absolute atomic E-state index is 0. The Bertz CT molecular complexity index is 724. The van der Waals surface area contributed by atoms with E-state index in [9.17, 15) is 0 Å². The zero-order chi connectivity index (χ0) is 18.4. The van der Waals surface area contributed by atoms with E-state index in [4.69, 9.17) is 4.74 Å². The molecule has 0 radical (unpaired) electrons. The standard InChI is InChI=1S/C19H29N5O.HI/c1-7-25-17-10-8-16(9-11-17)13-23(5)19(20-4)21-12-18-14(2)22-24(6)15(18)3;/h8-11H,7,12-13H2,1-6H3,(H,20,21);1H. The molecule has 0 unspecified atom stereocenters. The van der Waals surface area contributed by atoms with Crippen molar-refractivity contribution < 1.29 is 4.74 Å². The van der Waals surface area contributed by atoms with Crippen LogP contribution in [0.1, 0.15) is 29.4 Å². The summed E-state index contributed by atoms with van der Waals surface area (Å²) in [7, 11) is 5.81. The molecule has 0 aliphatic heterocycles. The third-order valence-electron chi connectivity index (χ3n) is 4.31. The zero-order valence-electron chi connectivity index (χ0n) is 16.5. The summed E-state index contributed by atoms with van der Waals surface area (Å²) < 4.78 is 7.40. The predicted octanol–water partition coefficient (Wildman–Crippen LogP) is 3.26. The number of aryl methyl sites for hydroxylation is 2. The van der Waals surface area contributed by atoms with Crippen LogP contribution in [0.15, 0.2) is 29.3 Å². The van der Waals surface area contributed by atoms with E-state index >= 15 is 0 Å². The van der Waals surface area contributed by atoms with Crippen molar-refractivity contribution in [1.29, 1.82) is 0 Å². The summed E-state index contributed by atoms with van der Waals surface area (Å²) in [6.07, 6.45) is 0. The van der Waals surface area contributed by atoms with Gasteiger partial charge in [-0.2, -0.15) is 5.10 Å². The molecule has 0 aliphatic carbocycles. The molecule has 0 bridgehead atoms. The number of guanidine groups is 1. The highest BCUT2D eigenvalue weighted by atomic mass is 127. The van der Waals surface area contributed by atoms with Crippen molar-refractivity contribution in [3.63, 3.8) is 0 Å². The molecule has 1 aromatic heterocycles. The van der Waals surface area contributed by atoms with Gasteiger partial charge < -0.3 is 15.0 Å². The number of ether oxygens (including phenoxy) is 1. The van der Waals surface area contributed by atoms with Gasteiger partial charge in [0, 0.05) is 45.5 Å². The molecule has 6 nitrogen and oxygen atoms in total. The highest BCUT2D eigenvalue weighted by Gasteiger charge is 2.12. The van der Waals surface area contributed by atoms with Crippen molar-refractivity contribution in [3.8, 4) is 5.75 Å². The van der Waals surface area contributed by atoms with Crippen LogP contribution in [0, 0.1) is 13.8 Å². The van der Waals surface area contributed by atoms with E-state index in [0.29, 0.717) is 13.2 Å². The second-order valence-corrected chi connectivity index (χ2v) is 6.11. The highest BCUT2D eigenvalue weighted by molar-refractivity contribution is 14.0. The molecule has 0 saturated carbocycles. The van der Waals surface area contributed by atoms with Crippen LogP contribution >= 0.6 is 24.0 Å². The van der Waals surface area contributed by atoms with E-state index in [-0.39, 0.29) is 24.0 Å². The lowest BCUT2D eigenvalue weighted by atomic mass is 10.2. The van der Waals surface area contributed by atoms with Crippen molar-refractivity contribution in [1.82, 2.24) is 20.0 Å². The molecular weight excluding hydrogens is 441 g/mol. The molecule has 2 aromatic rings. The molecule has 0 saturated heterocycles. The first-order chi connectivity index (χ1) is 12.0. The number of halogens is 1. The van der Waals surface area contributed by atoms with Gasteiger partial charge in [0.15, 0.2) is 5.96 Å². The number of rotatable bonds is 6. The number of hydrogen-bond donors (Lipinski definition) is 1. The molecule has 144 valence electrons. The van der Waals surface area contributed by atoms with Crippen molar-refractivity contribution in [2.75, 3.05) is 20.7 Å². The molecule has 1 aromatic carbocycles. The third-order valence-corrected chi connectivity index (χ3v) is 4.31. The first kappa shape index (κ1) is 22.3. The monoisotopic (exact) mass is 471 g/mol. The topological polar surface area (TPSA) is 54.7 Å². The van der Waals surface area contributed by atoms with Crippen LogP contribution < -0.4 is 10.1 Å². The van der Waals surface area contributed by atoms with Gasteiger partial charge >= 0.3 is 0 Å². The number of hydrogen-bond acceptors (Lipinski definition) is 3. The Balaban J connectivity index is 0.00000338. The van der Waals surface area contributed by atoms with E-state index in [1.165, 1.54) is 16.8 Å². The van der Waals surface area contributed by atoms with Crippen LogP contribution in [0.5, 0.6) is 5.75 Å². The molecule has 7 heteroatoms. The molecule has 26 heavy (non-hydrogen) atoms. The Morgan fingerprint density at radius 1 is 1.27 bits per heavy atom. The van der Waals surface area contributed by atoms with Crippen LogP contribution in [-0.2, 0) is 20.1 Å². The average Bonchev–Trinajstić information content (AvgIpc) is 2.83. The fourth-order valence-corrected chi connectivity index (χ4v) is 2.83. The number of aromatic nitrogens is 2. The van der Waals surface area contributed by atoms with Gasteiger partial charge in [-0.25, -0.2) is 0 Å². The van der Waals surface area contributed by atoms with E-state index in [2.05, 4.69) is 39.4 Å². The van der Waals surface area contributed by atoms with E-state index < -0.39 is 0 Å². The third kappa shape index (κ3) is 5.62. The van der Waals surface area contributed by atoms with Gasteiger partial charge in [-0.15, -0.1) is 24.0 Å². The summed E-state index contributed by atoms with van der Waals surface area (Å²) in [6.45, 7) is 8.29. The molecule has 0 aliphatic rings. The quantitative estimate of drug-likeness (QED) is 0.399. The molecule has 0 fully saturated rings. The van der Waals surface area contributed by atoms with Gasteiger partial charge in [0.25, 0.3) is 0 Å². The van der Waals surface area contributed by atoms with Crippen LogP contribution in [0.4, 0.5) is 0 Å². The van der Waals surface area contributed by atoms with Gasteiger partial charge in [-0.3, -0.25) is 9.67 Å². The normalized spacial score (nSPS) is 11.1. The fourth-order valence-electron chi connectivity index (χ4n) is 2.83. The van der Waals surface area contributed by atoms with Gasteiger partial charge in [-0.05, 0) is 38.5 Å². The SMILES string of the molecule is CCOc1ccc(CN(C)C(=NC)NCc2c(C)nn(C)c2C)cc1.I. The van der Waals surface area contributed by atoms with E-state index in [1.807, 2.05) is 44.8 Å². The minimum Gasteiger partial charge on any atom is -0.494 e. The smallest absolute Gasteiger partial charge is 0.193 e. The molecule has 1 N–H and O–H groups in total. The second-order valence-electron chi connectivity index (χ2n) is 6.11. The molecule has 0 amide bonds. The number of aliphatic imine (C=N–C) groups is 1. The van der Waals surface area contributed by atoms with E-state index in [0.717, 1.165) is 23.9 Å². The van der Waals surface area contributed by atoms with Crippen LogP contribution in [0.2, 0.25) is 0 Å². The first-order valence-electron chi connectivity index (χ1n) is 8.58. The Labute approximate surface area is 173 Å². The molecule has 0 spiro atoms. The van der Waals surface area contributed by atoms with Crippen molar-refractivity contribution in [2.24, 2.45) is 12.0 Å². The summed E-state index contributed by atoms with van der Waals surface area (Å²) >= 11 is 0. The van der Waals surface area contributed by atoms with E-state index in [1.54, 1.807) is 7.05 Å². The largest absolute Gasteiger partial charge is 0.494 e. The zero-order valence-corrected chi connectivity index (χ0v) is 18.9. The fraction of sp³-hybridized carbons (Fsp3) is 0.474. The maximum atomic E-state index is 5.49. The average molecular weight is 471 g/mol. The first-order valence-corrected chi connectivity index (χ1v) is 8.58. The summed E-state index contributed by atoms with van der Waals surface area (Å²) in [4.78, 5) is 6.50. The van der Waals surface area contributed by atoms with Gasteiger partial charge in [-0.1, -0.05) is 12.1 Å². The Kier molecular flexibility index (Phi) is 8.91. The summed E-state index contributed by atoms with van der Waals surface area (Å²) in [5.74, 6) is 1.76. The predicted molar refractivity (Wildman–Crippen MR) is 117 cm³/mol. The number of benzene rings is 1. The Hall–Kier alpha value is -1.77. The number of nitrogens with one attached hydrogen (secondary N) is 1. The molecular formula is C19H30IN5O. The van der Waals surface area contributed by atoms with Crippen molar-refractivity contribution >= 4 is 29.9 Å². The molecule has 2 rings (SSSR count). The summed E-state index contributed by atoms with van der Waals surface area (Å²) in [5.41, 5.74) is 4.66. The maximum absolute atomic E-state index is 5.49. The minimum atomic E-state index is 0.